The maximum atomic E-state index is 13.1. The molecule has 3 heterocycles. The summed E-state index contributed by atoms with van der Waals surface area (Å²) in [5.41, 5.74) is 4.72. The molecular weight excluding hydrogens is 384 g/mol. The third kappa shape index (κ3) is 2.85. The van der Waals surface area contributed by atoms with Crippen LogP contribution in [0.4, 0.5) is 0 Å². The molecule has 5 heteroatoms. The number of aromatic nitrogens is 1. The summed E-state index contributed by atoms with van der Waals surface area (Å²) in [5, 5.41) is 0.664. The lowest BCUT2D eigenvalue weighted by molar-refractivity contribution is -0.00931. The van der Waals surface area contributed by atoms with Crippen molar-refractivity contribution in [2.75, 3.05) is 13.1 Å². The topological polar surface area (TPSA) is 34.5 Å². The zero-order valence-electron chi connectivity index (χ0n) is 16.6. The minimum absolute atomic E-state index is 0.107. The highest BCUT2D eigenvalue weighted by Gasteiger charge is 2.44. The van der Waals surface area contributed by atoms with E-state index in [-0.39, 0.29) is 5.91 Å². The van der Waals surface area contributed by atoms with E-state index < -0.39 is 5.60 Å². The van der Waals surface area contributed by atoms with E-state index in [1.165, 1.54) is 0 Å². The lowest BCUT2D eigenvalue weighted by Gasteiger charge is -2.45. The number of carbonyl (C=O) groups is 1. The average molecular weight is 407 g/mol. The highest BCUT2D eigenvalue weighted by Crippen LogP contribution is 2.45. The first kappa shape index (κ1) is 18.3. The van der Waals surface area contributed by atoms with Crippen molar-refractivity contribution in [3.63, 3.8) is 0 Å². The molecule has 0 atom stereocenters. The molecule has 2 aliphatic heterocycles. The fourth-order valence-electron chi connectivity index (χ4n) is 4.58. The van der Waals surface area contributed by atoms with Crippen LogP contribution in [-0.2, 0) is 5.60 Å². The van der Waals surface area contributed by atoms with Gasteiger partial charge in [0.2, 0.25) is 0 Å². The molecule has 0 bridgehead atoms. The van der Waals surface area contributed by atoms with E-state index in [2.05, 4.69) is 22.9 Å². The molecule has 1 spiro atoms. The molecule has 3 aromatic rings. The second-order valence-electron chi connectivity index (χ2n) is 8.01. The highest BCUT2D eigenvalue weighted by atomic mass is 35.5. The van der Waals surface area contributed by atoms with Crippen LogP contribution in [0.2, 0.25) is 5.02 Å². The smallest absolute Gasteiger partial charge is 0.254 e. The molecule has 0 radical (unpaired) electrons. The average Bonchev–Trinajstić information content (AvgIpc) is 3.21. The third-order valence-electron chi connectivity index (χ3n) is 6.40. The monoisotopic (exact) mass is 406 g/mol. The van der Waals surface area contributed by atoms with Crippen LogP contribution in [0.3, 0.4) is 0 Å². The third-order valence-corrected chi connectivity index (χ3v) is 6.63. The SMILES string of the molecule is Cc1cccc(C(=O)N2CCC3(CC2)Oc2cc(Cl)ccc2-n2cccc23)c1C. The predicted octanol–water partition coefficient (Wildman–Crippen LogP) is 5.27. The van der Waals surface area contributed by atoms with E-state index in [0.29, 0.717) is 18.1 Å². The van der Waals surface area contributed by atoms with Gasteiger partial charge in [-0.3, -0.25) is 4.79 Å². The number of amides is 1. The highest BCUT2D eigenvalue weighted by molar-refractivity contribution is 6.30. The van der Waals surface area contributed by atoms with Crippen molar-refractivity contribution in [1.29, 1.82) is 0 Å². The Morgan fingerprint density at radius 1 is 1.07 bits per heavy atom. The summed E-state index contributed by atoms with van der Waals surface area (Å²) >= 11 is 6.22. The fourth-order valence-corrected chi connectivity index (χ4v) is 4.74. The van der Waals surface area contributed by atoms with E-state index in [0.717, 1.165) is 46.7 Å². The molecule has 1 aromatic heterocycles. The van der Waals surface area contributed by atoms with E-state index in [1.807, 2.05) is 55.1 Å². The Bertz CT molecular complexity index is 1110. The van der Waals surface area contributed by atoms with Gasteiger partial charge in [-0.2, -0.15) is 0 Å². The Balaban J connectivity index is 1.43. The Hall–Kier alpha value is -2.72. The molecule has 1 saturated heterocycles. The molecule has 0 unspecified atom stereocenters. The summed E-state index contributed by atoms with van der Waals surface area (Å²) in [6.07, 6.45) is 3.57. The number of fused-ring (bicyclic) bond motifs is 4. The zero-order valence-corrected chi connectivity index (χ0v) is 17.4. The van der Waals surface area contributed by atoms with Gasteiger partial charge in [0.05, 0.1) is 11.4 Å². The number of likely N-dealkylation sites (tertiary alicyclic amines) is 1. The molecular formula is C24H23ClN2O2. The van der Waals surface area contributed by atoms with Crippen LogP contribution in [0, 0.1) is 13.8 Å². The van der Waals surface area contributed by atoms with E-state index >= 15 is 0 Å². The summed E-state index contributed by atoms with van der Waals surface area (Å²) in [4.78, 5) is 15.1. The van der Waals surface area contributed by atoms with E-state index in [9.17, 15) is 4.79 Å². The molecule has 1 amide bonds. The van der Waals surface area contributed by atoms with Crippen molar-refractivity contribution in [3.8, 4) is 11.4 Å². The largest absolute Gasteiger partial charge is 0.479 e. The van der Waals surface area contributed by atoms with Crippen molar-refractivity contribution >= 4 is 17.5 Å². The van der Waals surface area contributed by atoms with Gasteiger partial charge in [0.1, 0.15) is 5.75 Å². The van der Waals surface area contributed by atoms with Gasteiger partial charge in [0, 0.05) is 48.8 Å². The summed E-state index contributed by atoms with van der Waals surface area (Å²) < 4.78 is 8.75. The number of hydrogen-bond acceptors (Lipinski definition) is 2. The lowest BCUT2D eigenvalue weighted by Crippen LogP contribution is -2.50. The molecule has 2 aromatic carbocycles. The van der Waals surface area contributed by atoms with Crippen LogP contribution in [0.5, 0.6) is 5.75 Å². The Morgan fingerprint density at radius 2 is 1.86 bits per heavy atom. The van der Waals surface area contributed by atoms with E-state index in [1.54, 1.807) is 0 Å². The Morgan fingerprint density at radius 3 is 2.66 bits per heavy atom. The van der Waals surface area contributed by atoms with Crippen LogP contribution in [-0.4, -0.2) is 28.5 Å². The number of hydrogen-bond donors (Lipinski definition) is 0. The number of aryl methyl sites for hydroxylation is 1. The lowest BCUT2D eigenvalue weighted by atomic mass is 9.86. The number of piperidine rings is 1. The second-order valence-corrected chi connectivity index (χ2v) is 8.45. The Kier molecular flexibility index (Phi) is 4.21. The molecule has 4 nitrogen and oxygen atoms in total. The van der Waals surface area contributed by atoms with Crippen molar-refractivity contribution in [2.24, 2.45) is 0 Å². The first-order valence-electron chi connectivity index (χ1n) is 10.0. The van der Waals surface area contributed by atoms with Crippen LogP contribution in [0.15, 0.2) is 54.7 Å². The number of carbonyl (C=O) groups excluding carboxylic acids is 1. The minimum atomic E-state index is -0.431. The van der Waals surface area contributed by atoms with Gasteiger partial charge >= 0.3 is 0 Å². The molecule has 29 heavy (non-hydrogen) atoms. The van der Waals surface area contributed by atoms with Gasteiger partial charge in [0.15, 0.2) is 5.60 Å². The van der Waals surface area contributed by atoms with Gasteiger partial charge in [-0.1, -0.05) is 23.7 Å². The minimum Gasteiger partial charge on any atom is -0.479 e. The molecule has 5 rings (SSSR count). The number of nitrogens with zero attached hydrogens (tertiary/aromatic N) is 2. The fraction of sp³-hybridized carbons (Fsp3) is 0.292. The van der Waals surface area contributed by atoms with Gasteiger partial charge < -0.3 is 14.2 Å². The first-order valence-corrected chi connectivity index (χ1v) is 10.4. The molecule has 148 valence electrons. The quantitative estimate of drug-likeness (QED) is 0.551. The number of benzene rings is 2. The first-order chi connectivity index (χ1) is 14.0. The summed E-state index contributed by atoms with van der Waals surface area (Å²) in [6, 6.07) is 15.9. The maximum Gasteiger partial charge on any atom is 0.254 e. The predicted molar refractivity (Wildman–Crippen MR) is 114 cm³/mol. The van der Waals surface area contributed by atoms with Crippen LogP contribution in [0.25, 0.3) is 5.69 Å². The van der Waals surface area contributed by atoms with Gasteiger partial charge in [0.25, 0.3) is 5.91 Å². The second kappa shape index (κ2) is 6.67. The van der Waals surface area contributed by atoms with E-state index in [4.69, 9.17) is 16.3 Å². The standard InChI is InChI=1S/C24H23ClN2O2/c1-16-5-3-6-19(17(16)2)23(28)26-13-10-24(11-14-26)22-7-4-12-27(22)20-9-8-18(25)15-21(20)29-24/h3-9,12,15H,10-11,13-14H2,1-2H3. The summed E-state index contributed by atoms with van der Waals surface area (Å²) in [5.74, 6) is 0.909. The van der Waals surface area contributed by atoms with Crippen LogP contribution >= 0.6 is 11.6 Å². The summed E-state index contributed by atoms with van der Waals surface area (Å²) in [7, 11) is 0. The number of halogens is 1. The number of ether oxygens (including phenoxy) is 1. The molecule has 0 aliphatic carbocycles. The van der Waals surface area contributed by atoms with Crippen molar-refractivity contribution in [3.05, 3.63) is 82.1 Å². The van der Waals surface area contributed by atoms with Gasteiger partial charge in [-0.15, -0.1) is 0 Å². The molecule has 0 N–H and O–H groups in total. The normalized spacial score (nSPS) is 16.9. The zero-order chi connectivity index (χ0) is 20.2. The van der Waals surface area contributed by atoms with Crippen molar-refractivity contribution < 1.29 is 9.53 Å². The number of rotatable bonds is 1. The van der Waals surface area contributed by atoms with Gasteiger partial charge in [-0.25, -0.2) is 0 Å². The van der Waals surface area contributed by atoms with Crippen molar-refractivity contribution in [2.45, 2.75) is 32.3 Å². The maximum absolute atomic E-state index is 13.1. The molecule has 1 fully saturated rings. The molecule has 2 aliphatic rings. The van der Waals surface area contributed by atoms with Crippen molar-refractivity contribution in [1.82, 2.24) is 9.47 Å². The van der Waals surface area contributed by atoms with Gasteiger partial charge in [-0.05, 0) is 55.3 Å². The van der Waals surface area contributed by atoms with Crippen LogP contribution in [0.1, 0.15) is 40.0 Å². The summed E-state index contributed by atoms with van der Waals surface area (Å²) in [6.45, 7) is 5.39. The Labute approximate surface area is 175 Å². The van der Waals surface area contributed by atoms with Crippen LogP contribution < -0.4 is 4.74 Å². The molecule has 0 saturated carbocycles.